The standard InChI is InChI=1S/C17H19N5O3.C10H12N4O4.C9H13N.C8H8N4O4.C6H6N4O2/c1-10(2)11-4-6-12(7-5-11)19-13(23)8-22-9-18-15-14(22)16(24)21(3)17(25)20-15;1-3-18-6(15)4-14-5-11-8-7(14)9(16)13(2)10(17)12-8;1-7(2)8-3-5-9(10)6-4-8;1-11-7(15)5-6(10-8(11)16)9-3-12(5)2-4(13)14;1-10-5(11)3-4(8-2-7-3)9-6(10)12/h4-7,9-10H,8H2,1-3H3,(H,19,23)(H,20,25);5H,3-4H2,1-2H3,(H,12,17);3-7H,10H2,1-2H3;3H,2H2,1H3,(H,10,16)(H,13,14);2H,1H3,(H,7,8)(H,9,12). The average Bonchev–Trinajstić information content (AvgIpc) is 4.47. The molecule has 1 amide bonds. The lowest BCUT2D eigenvalue weighted by Gasteiger charge is -2.09. The number of aliphatic carboxylic acids is 1. The monoisotopic (exact) mass is 1120 g/mol. The molecule has 0 radical (unpaired) electrons. The molecule has 31 nitrogen and oxygen atoms in total. The first-order valence-corrected chi connectivity index (χ1v) is 24.5. The number of hydrogen-bond donors (Lipinski definition) is 8. The number of esters is 1. The lowest BCUT2D eigenvalue weighted by molar-refractivity contribution is -0.143. The zero-order valence-electron chi connectivity index (χ0n) is 45.3. The lowest BCUT2D eigenvalue weighted by Crippen LogP contribution is -2.33. The molecule has 8 heterocycles. The summed E-state index contributed by atoms with van der Waals surface area (Å²) < 4.78 is 12.5. The van der Waals surface area contributed by atoms with Gasteiger partial charge in [-0.05, 0) is 54.2 Å². The number of carboxylic acid groups (broad SMARTS) is 1. The number of aromatic nitrogens is 16. The summed E-state index contributed by atoms with van der Waals surface area (Å²) in [5.41, 5.74) is 6.96. The highest BCUT2D eigenvalue weighted by Gasteiger charge is 2.16. The predicted molar refractivity (Wildman–Crippen MR) is 297 cm³/mol. The molecule has 10 rings (SSSR count). The van der Waals surface area contributed by atoms with Crippen LogP contribution in [0.3, 0.4) is 0 Å². The number of anilines is 2. The minimum Gasteiger partial charge on any atom is -0.480 e. The van der Waals surface area contributed by atoms with Crippen LogP contribution >= 0.6 is 0 Å². The molecule has 2 aromatic carbocycles. The van der Waals surface area contributed by atoms with Crippen molar-refractivity contribution in [3.8, 4) is 0 Å². The van der Waals surface area contributed by atoms with Crippen LogP contribution in [0.5, 0.6) is 0 Å². The zero-order chi connectivity index (χ0) is 59.6. The van der Waals surface area contributed by atoms with Gasteiger partial charge in [0.2, 0.25) is 5.91 Å². The Bertz CT molecular complexity index is 4420. The van der Waals surface area contributed by atoms with E-state index >= 15 is 0 Å². The Kier molecular flexibility index (Phi) is 18.8. The van der Waals surface area contributed by atoms with Gasteiger partial charge in [0.1, 0.15) is 25.2 Å². The highest BCUT2D eigenvalue weighted by atomic mass is 16.5. The van der Waals surface area contributed by atoms with Crippen LogP contribution in [0.1, 0.15) is 57.6 Å². The largest absolute Gasteiger partial charge is 0.480 e. The Balaban J connectivity index is 0.000000169. The van der Waals surface area contributed by atoms with Gasteiger partial charge in [-0.15, -0.1) is 0 Å². The number of carbonyl (C=O) groups is 3. The highest BCUT2D eigenvalue weighted by molar-refractivity contribution is 5.91. The fourth-order valence-corrected chi connectivity index (χ4v) is 7.44. The molecule has 0 aliphatic rings. The van der Waals surface area contributed by atoms with Crippen molar-refractivity contribution >= 4 is 73.9 Å². The molecule has 31 heteroatoms. The molecule has 9 N–H and O–H groups in total. The molecule has 0 aliphatic carbocycles. The van der Waals surface area contributed by atoms with E-state index < -0.39 is 51.4 Å². The molecular weight excluding hydrogens is 1060 g/mol. The van der Waals surface area contributed by atoms with Gasteiger partial charge in [0, 0.05) is 39.6 Å². The first-order chi connectivity index (χ1) is 38.3. The Hall–Kier alpha value is -10.8. The second-order valence-electron chi connectivity index (χ2n) is 18.4. The Morgan fingerprint density at radius 3 is 1.35 bits per heavy atom. The highest BCUT2D eigenvalue weighted by Crippen LogP contribution is 2.18. The Morgan fingerprint density at radius 2 is 0.938 bits per heavy atom. The second-order valence-corrected chi connectivity index (χ2v) is 18.4. The number of nitrogen functional groups attached to an aromatic ring is 1. The maximum Gasteiger partial charge on any atom is 0.329 e. The van der Waals surface area contributed by atoms with Crippen molar-refractivity contribution in [3.63, 3.8) is 0 Å². The molecule has 8 aromatic heterocycles. The van der Waals surface area contributed by atoms with E-state index in [0.29, 0.717) is 28.7 Å². The molecular formula is C50H58N18O13. The molecule has 0 unspecified atom stereocenters. The van der Waals surface area contributed by atoms with Gasteiger partial charge in [-0.25, -0.2) is 39.1 Å². The minimum absolute atomic E-state index is 0.0736. The number of imidazole rings is 4. The van der Waals surface area contributed by atoms with Crippen LogP contribution in [0.2, 0.25) is 0 Å². The molecule has 0 aliphatic heterocycles. The van der Waals surface area contributed by atoms with Gasteiger partial charge in [0.15, 0.2) is 39.1 Å². The third-order valence-electron chi connectivity index (χ3n) is 12.0. The summed E-state index contributed by atoms with van der Waals surface area (Å²) >= 11 is 0. The Labute approximate surface area is 454 Å². The molecule has 81 heavy (non-hydrogen) atoms. The predicted octanol–water partition coefficient (Wildman–Crippen LogP) is 0.0218. The quantitative estimate of drug-likeness (QED) is 0.0661. The number of nitrogens with one attached hydrogen (secondary N) is 6. The number of nitrogens with two attached hydrogens (primary N) is 1. The van der Waals surface area contributed by atoms with Crippen molar-refractivity contribution in [2.45, 2.75) is 66.1 Å². The van der Waals surface area contributed by atoms with E-state index in [1.807, 2.05) is 36.4 Å². The van der Waals surface area contributed by atoms with Crippen molar-refractivity contribution < 1.29 is 24.2 Å². The zero-order valence-corrected chi connectivity index (χ0v) is 45.3. The number of benzene rings is 2. The number of hydrogen-bond acceptors (Lipinski definition) is 17. The van der Waals surface area contributed by atoms with Crippen LogP contribution in [0, 0.1) is 0 Å². The van der Waals surface area contributed by atoms with Crippen molar-refractivity contribution in [1.82, 2.24) is 76.8 Å². The van der Waals surface area contributed by atoms with Gasteiger partial charge in [0.25, 0.3) is 22.2 Å². The van der Waals surface area contributed by atoms with Gasteiger partial charge in [-0.1, -0.05) is 52.0 Å². The number of nitrogens with zero attached hydrogens (tertiary/aromatic N) is 11. The van der Waals surface area contributed by atoms with Gasteiger partial charge < -0.3 is 39.6 Å². The fourth-order valence-electron chi connectivity index (χ4n) is 7.44. The normalized spacial score (nSPS) is 10.9. The van der Waals surface area contributed by atoms with Crippen LogP contribution in [0.15, 0.2) is 112 Å². The van der Waals surface area contributed by atoms with Crippen molar-refractivity contribution in [2.75, 3.05) is 17.7 Å². The number of amides is 1. The number of aromatic amines is 5. The number of carbonyl (C=O) groups excluding carboxylic acids is 2. The number of carboxylic acids is 1. The first-order valence-electron chi connectivity index (χ1n) is 24.5. The van der Waals surface area contributed by atoms with Crippen molar-refractivity contribution in [3.05, 3.63) is 168 Å². The molecule has 0 fully saturated rings. The van der Waals surface area contributed by atoms with E-state index in [2.05, 4.69) is 90.0 Å². The summed E-state index contributed by atoms with van der Waals surface area (Å²) in [5.74, 6) is -0.830. The van der Waals surface area contributed by atoms with Crippen molar-refractivity contribution in [1.29, 1.82) is 0 Å². The molecule has 10 aromatic rings. The number of ether oxygens (including phenoxy) is 1. The van der Waals surface area contributed by atoms with Gasteiger partial charge in [-0.3, -0.25) is 71.8 Å². The summed E-state index contributed by atoms with van der Waals surface area (Å²) in [6.45, 7) is 9.93. The van der Waals surface area contributed by atoms with E-state index in [-0.39, 0.29) is 71.2 Å². The van der Waals surface area contributed by atoms with Gasteiger partial charge in [-0.2, -0.15) is 0 Å². The van der Waals surface area contributed by atoms with E-state index in [9.17, 15) is 52.7 Å². The van der Waals surface area contributed by atoms with Crippen LogP contribution in [-0.4, -0.2) is 106 Å². The first kappa shape index (κ1) is 59.5. The number of fused-ring (bicyclic) bond motifs is 4. The lowest BCUT2D eigenvalue weighted by atomic mass is 10.0. The van der Waals surface area contributed by atoms with Crippen LogP contribution in [0.4, 0.5) is 11.4 Å². The molecule has 0 saturated heterocycles. The molecule has 426 valence electrons. The maximum absolute atomic E-state index is 12.3. The van der Waals surface area contributed by atoms with E-state index in [1.54, 1.807) is 6.92 Å². The average molecular weight is 1120 g/mol. The van der Waals surface area contributed by atoms with Crippen LogP contribution < -0.4 is 56.0 Å². The van der Waals surface area contributed by atoms with Gasteiger partial charge >= 0.3 is 34.7 Å². The number of rotatable bonds is 10. The van der Waals surface area contributed by atoms with E-state index in [4.69, 9.17) is 15.6 Å². The maximum atomic E-state index is 12.3. The summed E-state index contributed by atoms with van der Waals surface area (Å²) in [5, 5.41) is 11.4. The van der Waals surface area contributed by atoms with E-state index in [0.717, 1.165) is 24.0 Å². The SMILES string of the molecule is CC(C)c1ccc(N)cc1.CC(C)c1ccc(NC(=O)Cn2cnc3[nH]c(=O)n(C)c(=O)c32)cc1.CCOC(=O)Cn1cnc2[nH]c(=O)n(C)c(=O)c21.Cn1c(=O)[nH]c2nc[nH]c2c1=O.Cn1c(=O)[nH]c2ncn(CC(=O)O)c2c1=O. The smallest absolute Gasteiger partial charge is 0.329 e. The van der Waals surface area contributed by atoms with Crippen LogP contribution in [-0.2, 0) is 66.9 Å². The topological polar surface area (TPSA) is 420 Å². The fraction of sp³-hybridized carbons (Fsp3) is 0.300. The van der Waals surface area contributed by atoms with E-state index in [1.165, 1.54) is 78.3 Å². The second kappa shape index (κ2) is 25.6. The third-order valence-corrected chi connectivity index (χ3v) is 12.0. The third kappa shape index (κ3) is 14.1. The molecule has 0 atom stereocenters. The summed E-state index contributed by atoms with van der Waals surface area (Å²) in [4.78, 5) is 154. The van der Waals surface area contributed by atoms with Crippen molar-refractivity contribution in [2.24, 2.45) is 28.2 Å². The summed E-state index contributed by atoms with van der Waals surface area (Å²) in [7, 11) is 5.43. The minimum atomic E-state index is -1.09. The number of H-pyrrole nitrogens is 5. The van der Waals surface area contributed by atoms with Crippen LogP contribution in [0.25, 0.3) is 44.7 Å². The molecule has 0 saturated carbocycles. The summed E-state index contributed by atoms with van der Waals surface area (Å²) in [6, 6.07) is 15.6. The molecule has 0 bridgehead atoms. The summed E-state index contributed by atoms with van der Waals surface area (Å²) in [6.07, 6.45) is 5.25. The Morgan fingerprint density at radius 1 is 0.556 bits per heavy atom. The van der Waals surface area contributed by atoms with Gasteiger partial charge in [0.05, 0.1) is 31.9 Å². The molecule has 0 spiro atoms.